The molecule has 1 aliphatic heterocycles. The number of carbonyl (C=O) groups is 1. The fraction of sp³-hybridized carbons (Fsp3) is 0.375. The Morgan fingerprint density at radius 2 is 1.88 bits per heavy atom. The fourth-order valence-corrected chi connectivity index (χ4v) is 4.81. The molecule has 1 heterocycles. The van der Waals surface area contributed by atoms with Gasteiger partial charge in [0.2, 0.25) is 10.0 Å². The Morgan fingerprint density at radius 3 is 2.53 bits per heavy atom. The molecule has 1 unspecified atom stereocenters. The molecule has 32 heavy (non-hydrogen) atoms. The van der Waals surface area contributed by atoms with E-state index in [1.54, 1.807) is 19.2 Å². The van der Waals surface area contributed by atoms with Gasteiger partial charge in [-0.05, 0) is 61.8 Å². The van der Waals surface area contributed by atoms with Crippen LogP contribution in [0.2, 0.25) is 0 Å². The van der Waals surface area contributed by atoms with Crippen molar-refractivity contribution in [2.45, 2.75) is 30.2 Å². The molecule has 0 radical (unpaired) electrons. The lowest BCUT2D eigenvalue weighted by atomic mass is 10.0. The quantitative estimate of drug-likeness (QED) is 0.568. The molecule has 1 aliphatic rings. The van der Waals surface area contributed by atoms with Crippen molar-refractivity contribution in [3.05, 3.63) is 59.7 Å². The number of likely N-dealkylation sites (tertiary alicyclic amines) is 1. The second kappa shape index (κ2) is 11.1. The summed E-state index contributed by atoms with van der Waals surface area (Å²) in [7, 11) is -2.14. The number of hydrogen-bond acceptors (Lipinski definition) is 5. The van der Waals surface area contributed by atoms with Crippen LogP contribution in [-0.2, 0) is 10.0 Å². The fourth-order valence-electron chi connectivity index (χ4n) is 3.83. The molecule has 170 valence electrons. The van der Waals surface area contributed by atoms with Crippen LogP contribution in [0.4, 0.5) is 0 Å². The van der Waals surface area contributed by atoms with Gasteiger partial charge in [0.05, 0.1) is 24.6 Å². The third kappa shape index (κ3) is 6.10. The van der Waals surface area contributed by atoms with Crippen LogP contribution in [0.25, 0.3) is 0 Å². The summed E-state index contributed by atoms with van der Waals surface area (Å²) in [6.45, 7) is 2.25. The van der Waals surface area contributed by atoms with E-state index in [-0.39, 0.29) is 29.0 Å². The highest BCUT2D eigenvalue weighted by atomic mass is 32.2. The molecule has 2 N–H and O–H groups in total. The predicted octanol–water partition coefficient (Wildman–Crippen LogP) is 2.56. The first kappa shape index (κ1) is 23.8. The Hall–Kier alpha value is -2.86. The van der Waals surface area contributed by atoms with Gasteiger partial charge in [-0.1, -0.05) is 30.5 Å². The van der Waals surface area contributed by atoms with Crippen molar-refractivity contribution in [2.24, 2.45) is 0 Å². The molecule has 0 aliphatic carbocycles. The van der Waals surface area contributed by atoms with Gasteiger partial charge in [0.25, 0.3) is 5.91 Å². The normalized spacial score (nSPS) is 15.5. The molecule has 7 nitrogen and oxygen atoms in total. The summed E-state index contributed by atoms with van der Waals surface area (Å²) in [4.78, 5) is 15.2. The third-order valence-corrected chi connectivity index (χ3v) is 6.96. The molecule has 0 saturated carbocycles. The standard InChI is InChI=1S/C24H29N3O4S/c1-3-14-26-32(29,30)22-9-7-8-20(17-22)24(28)25-18-23(27-15-5-4-6-16-27)19-10-12-21(31-2)13-11-19/h1,7-13,17,23,26H,4-6,14-16,18H2,2H3,(H,25,28). The Balaban J connectivity index is 1.74. The summed E-state index contributed by atoms with van der Waals surface area (Å²) in [5.41, 5.74) is 1.38. The van der Waals surface area contributed by atoms with E-state index < -0.39 is 10.0 Å². The van der Waals surface area contributed by atoms with Crippen molar-refractivity contribution < 1.29 is 17.9 Å². The molecule has 0 spiro atoms. The lowest BCUT2D eigenvalue weighted by molar-refractivity contribution is 0.0924. The maximum Gasteiger partial charge on any atom is 0.251 e. The number of terminal acetylenes is 1. The molecule has 8 heteroatoms. The van der Waals surface area contributed by atoms with Crippen molar-refractivity contribution in [3.8, 4) is 18.1 Å². The smallest absolute Gasteiger partial charge is 0.251 e. The maximum absolute atomic E-state index is 12.9. The number of amides is 1. The highest BCUT2D eigenvalue weighted by Gasteiger charge is 2.23. The number of nitrogens with one attached hydrogen (secondary N) is 2. The lowest BCUT2D eigenvalue weighted by Gasteiger charge is -2.35. The van der Waals surface area contributed by atoms with Gasteiger partial charge in [-0.15, -0.1) is 6.42 Å². The minimum absolute atomic E-state index is 0.00290. The van der Waals surface area contributed by atoms with Gasteiger partial charge in [-0.2, -0.15) is 4.72 Å². The molecule has 1 fully saturated rings. The van der Waals surface area contributed by atoms with Crippen molar-refractivity contribution in [3.63, 3.8) is 0 Å². The van der Waals surface area contributed by atoms with Crippen LogP contribution >= 0.6 is 0 Å². The van der Waals surface area contributed by atoms with Crippen LogP contribution in [0, 0.1) is 12.3 Å². The van der Waals surface area contributed by atoms with E-state index >= 15 is 0 Å². The van der Waals surface area contributed by atoms with Crippen LogP contribution in [-0.4, -0.2) is 52.5 Å². The van der Waals surface area contributed by atoms with Gasteiger partial charge >= 0.3 is 0 Å². The first-order valence-corrected chi connectivity index (χ1v) is 12.1. The van der Waals surface area contributed by atoms with Gasteiger partial charge in [-0.3, -0.25) is 9.69 Å². The zero-order valence-electron chi connectivity index (χ0n) is 18.2. The van der Waals surface area contributed by atoms with Gasteiger partial charge in [0.15, 0.2) is 0 Å². The highest BCUT2D eigenvalue weighted by Crippen LogP contribution is 2.26. The van der Waals surface area contributed by atoms with Crippen molar-refractivity contribution >= 4 is 15.9 Å². The summed E-state index contributed by atoms with van der Waals surface area (Å²) in [6, 6.07) is 13.8. The number of rotatable bonds is 9. The van der Waals surface area contributed by atoms with Crippen LogP contribution in [0.3, 0.4) is 0 Å². The van der Waals surface area contributed by atoms with Crippen LogP contribution < -0.4 is 14.8 Å². The zero-order chi connectivity index (χ0) is 23.0. The first-order valence-electron chi connectivity index (χ1n) is 10.6. The number of ether oxygens (including phenoxy) is 1. The summed E-state index contributed by atoms with van der Waals surface area (Å²) in [5.74, 6) is 2.69. The monoisotopic (exact) mass is 455 g/mol. The van der Waals surface area contributed by atoms with E-state index in [1.807, 2.05) is 24.3 Å². The number of nitrogens with zero attached hydrogens (tertiary/aromatic N) is 1. The summed E-state index contributed by atoms with van der Waals surface area (Å²) < 4.78 is 32.2. The molecule has 2 aromatic rings. The number of benzene rings is 2. The van der Waals surface area contributed by atoms with Crippen LogP contribution in [0.1, 0.15) is 41.2 Å². The van der Waals surface area contributed by atoms with Gasteiger partial charge in [0.1, 0.15) is 5.75 Å². The van der Waals surface area contributed by atoms with Crippen LogP contribution in [0.15, 0.2) is 53.4 Å². The Kier molecular flexibility index (Phi) is 8.28. The maximum atomic E-state index is 12.9. The first-order chi connectivity index (χ1) is 15.4. The van der Waals surface area contributed by atoms with E-state index in [0.29, 0.717) is 6.54 Å². The molecule has 3 rings (SSSR count). The van der Waals surface area contributed by atoms with Crippen LogP contribution in [0.5, 0.6) is 5.75 Å². The second-order valence-corrected chi connectivity index (χ2v) is 9.42. The second-order valence-electron chi connectivity index (χ2n) is 7.65. The Labute approximate surface area is 190 Å². The number of carbonyl (C=O) groups excluding carboxylic acids is 1. The summed E-state index contributed by atoms with van der Waals surface area (Å²) >= 11 is 0. The summed E-state index contributed by atoms with van der Waals surface area (Å²) in [6.07, 6.45) is 8.61. The average molecular weight is 456 g/mol. The molecule has 2 aromatic carbocycles. The van der Waals surface area contributed by atoms with E-state index in [2.05, 4.69) is 20.9 Å². The Bertz CT molecular complexity index is 1060. The number of hydrogen-bond donors (Lipinski definition) is 2. The Morgan fingerprint density at radius 1 is 1.16 bits per heavy atom. The van der Waals surface area contributed by atoms with Crippen molar-refractivity contribution in [1.29, 1.82) is 0 Å². The topological polar surface area (TPSA) is 87.7 Å². The molecular formula is C24H29N3O4S. The van der Waals surface area contributed by atoms with E-state index in [4.69, 9.17) is 11.2 Å². The minimum atomic E-state index is -3.77. The molecule has 1 amide bonds. The van der Waals surface area contributed by atoms with Gasteiger partial charge in [-0.25, -0.2) is 8.42 Å². The lowest BCUT2D eigenvalue weighted by Crippen LogP contribution is -2.40. The van der Waals surface area contributed by atoms with Crippen molar-refractivity contribution in [1.82, 2.24) is 14.9 Å². The molecular weight excluding hydrogens is 426 g/mol. The van der Waals surface area contributed by atoms with Gasteiger partial charge < -0.3 is 10.1 Å². The van der Waals surface area contributed by atoms with E-state index in [1.165, 1.54) is 18.6 Å². The predicted molar refractivity (Wildman–Crippen MR) is 124 cm³/mol. The average Bonchev–Trinajstić information content (AvgIpc) is 2.84. The van der Waals surface area contributed by atoms with Gasteiger partial charge in [0, 0.05) is 12.1 Å². The molecule has 0 aromatic heterocycles. The molecule has 1 atom stereocenters. The molecule has 0 bridgehead atoms. The minimum Gasteiger partial charge on any atom is -0.497 e. The van der Waals surface area contributed by atoms with Crippen molar-refractivity contribution in [2.75, 3.05) is 33.3 Å². The van der Waals surface area contributed by atoms with E-state index in [0.717, 1.165) is 37.2 Å². The number of sulfonamides is 1. The SMILES string of the molecule is C#CCNS(=O)(=O)c1cccc(C(=O)NCC(c2ccc(OC)cc2)N2CCCCC2)c1. The zero-order valence-corrected chi connectivity index (χ0v) is 19.0. The third-order valence-electron chi connectivity index (χ3n) is 5.56. The highest BCUT2D eigenvalue weighted by molar-refractivity contribution is 7.89. The summed E-state index contributed by atoms with van der Waals surface area (Å²) in [5, 5.41) is 2.99. The number of piperidine rings is 1. The largest absolute Gasteiger partial charge is 0.497 e. The molecule has 1 saturated heterocycles. The number of methoxy groups -OCH3 is 1. The van der Waals surface area contributed by atoms with E-state index in [9.17, 15) is 13.2 Å².